The Labute approximate surface area is 114 Å². The Morgan fingerprint density at radius 1 is 1.53 bits per heavy atom. The SMILES string of the molecule is CCC1(C(=O)O)CCCN(CCc2ccccn2)C1. The summed E-state index contributed by atoms with van der Waals surface area (Å²) in [5, 5.41) is 9.45. The van der Waals surface area contributed by atoms with Gasteiger partial charge in [-0.1, -0.05) is 13.0 Å². The molecule has 1 aromatic rings. The van der Waals surface area contributed by atoms with Crippen molar-refractivity contribution in [2.45, 2.75) is 32.6 Å². The third-order valence-corrected chi connectivity index (χ3v) is 4.20. The zero-order chi connectivity index (χ0) is 13.7. The highest BCUT2D eigenvalue weighted by atomic mass is 16.4. The van der Waals surface area contributed by atoms with Gasteiger partial charge in [-0.05, 0) is 37.9 Å². The van der Waals surface area contributed by atoms with Crippen LogP contribution in [0.4, 0.5) is 0 Å². The molecule has 0 saturated carbocycles. The first kappa shape index (κ1) is 14.0. The van der Waals surface area contributed by atoms with Crippen LogP contribution in [0.2, 0.25) is 0 Å². The van der Waals surface area contributed by atoms with E-state index in [-0.39, 0.29) is 0 Å². The highest BCUT2D eigenvalue weighted by molar-refractivity contribution is 5.75. The van der Waals surface area contributed by atoms with Crippen molar-refractivity contribution in [3.8, 4) is 0 Å². The standard InChI is InChI=1S/C15H22N2O2/c1-2-15(14(18)19)8-5-10-17(12-15)11-7-13-6-3-4-9-16-13/h3-4,6,9H,2,5,7-8,10-12H2,1H3,(H,18,19). The van der Waals surface area contributed by atoms with Crippen LogP contribution in [0.5, 0.6) is 0 Å². The number of carboxylic acids is 1. The molecule has 1 N–H and O–H groups in total. The second-order valence-electron chi connectivity index (χ2n) is 5.39. The molecule has 4 heteroatoms. The van der Waals surface area contributed by atoms with Gasteiger partial charge in [0.25, 0.3) is 0 Å². The van der Waals surface area contributed by atoms with Crippen molar-refractivity contribution in [2.24, 2.45) is 5.41 Å². The summed E-state index contributed by atoms with van der Waals surface area (Å²) < 4.78 is 0. The molecule has 1 aliphatic heterocycles. The van der Waals surface area contributed by atoms with Crippen LogP contribution in [0.3, 0.4) is 0 Å². The molecule has 0 aromatic carbocycles. The number of hydrogen-bond acceptors (Lipinski definition) is 3. The highest BCUT2D eigenvalue weighted by Gasteiger charge is 2.40. The fraction of sp³-hybridized carbons (Fsp3) is 0.600. The van der Waals surface area contributed by atoms with Crippen molar-refractivity contribution in [2.75, 3.05) is 19.6 Å². The molecular formula is C15H22N2O2. The number of carboxylic acid groups (broad SMARTS) is 1. The summed E-state index contributed by atoms with van der Waals surface area (Å²) in [5.74, 6) is -0.641. The molecule has 1 saturated heterocycles. The minimum absolute atomic E-state index is 0.539. The van der Waals surface area contributed by atoms with Crippen LogP contribution < -0.4 is 0 Å². The van der Waals surface area contributed by atoms with E-state index in [0.29, 0.717) is 13.0 Å². The molecular weight excluding hydrogens is 240 g/mol. The first-order valence-corrected chi connectivity index (χ1v) is 7.02. The maximum atomic E-state index is 11.5. The number of likely N-dealkylation sites (tertiary alicyclic amines) is 1. The minimum atomic E-state index is -0.641. The molecule has 104 valence electrons. The fourth-order valence-corrected chi connectivity index (χ4v) is 2.85. The van der Waals surface area contributed by atoms with Crippen LogP contribution in [0.1, 0.15) is 31.9 Å². The molecule has 0 bridgehead atoms. The monoisotopic (exact) mass is 262 g/mol. The van der Waals surface area contributed by atoms with E-state index in [4.69, 9.17) is 0 Å². The summed E-state index contributed by atoms with van der Waals surface area (Å²) in [6.07, 6.45) is 5.18. The third kappa shape index (κ3) is 3.32. The Balaban J connectivity index is 1.93. The van der Waals surface area contributed by atoms with E-state index in [2.05, 4.69) is 9.88 Å². The third-order valence-electron chi connectivity index (χ3n) is 4.20. The van der Waals surface area contributed by atoms with E-state index in [9.17, 15) is 9.90 Å². The molecule has 2 heterocycles. The number of aromatic nitrogens is 1. The van der Waals surface area contributed by atoms with Crippen LogP contribution in [0, 0.1) is 5.41 Å². The number of nitrogens with zero attached hydrogens (tertiary/aromatic N) is 2. The Kier molecular flexibility index (Phi) is 4.53. The molecule has 1 fully saturated rings. The summed E-state index contributed by atoms with van der Waals surface area (Å²) in [6.45, 7) is 4.55. The van der Waals surface area contributed by atoms with Crippen LogP contribution in [-0.4, -0.2) is 40.6 Å². The number of piperidine rings is 1. The second-order valence-corrected chi connectivity index (χ2v) is 5.39. The normalized spacial score (nSPS) is 24.3. The van der Waals surface area contributed by atoms with E-state index in [1.807, 2.05) is 25.1 Å². The lowest BCUT2D eigenvalue weighted by Crippen LogP contribution is -2.48. The first-order valence-electron chi connectivity index (χ1n) is 7.02. The quantitative estimate of drug-likeness (QED) is 0.884. The van der Waals surface area contributed by atoms with Crippen molar-refractivity contribution in [1.29, 1.82) is 0 Å². The zero-order valence-electron chi connectivity index (χ0n) is 11.5. The summed E-state index contributed by atoms with van der Waals surface area (Å²) in [4.78, 5) is 18.1. The predicted octanol–water partition coefficient (Wildman–Crippen LogP) is 2.20. The van der Waals surface area contributed by atoms with Crippen molar-refractivity contribution in [3.05, 3.63) is 30.1 Å². The fourth-order valence-electron chi connectivity index (χ4n) is 2.85. The molecule has 0 radical (unpaired) electrons. The van der Waals surface area contributed by atoms with Crippen LogP contribution in [-0.2, 0) is 11.2 Å². The van der Waals surface area contributed by atoms with Gasteiger partial charge in [-0.3, -0.25) is 9.78 Å². The molecule has 4 nitrogen and oxygen atoms in total. The van der Waals surface area contributed by atoms with Crippen molar-refractivity contribution >= 4 is 5.97 Å². The Morgan fingerprint density at radius 2 is 2.37 bits per heavy atom. The lowest BCUT2D eigenvalue weighted by atomic mass is 9.77. The van der Waals surface area contributed by atoms with Crippen molar-refractivity contribution in [3.63, 3.8) is 0 Å². The number of hydrogen-bond donors (Lipinski definition) is 1. The first-order chi connectivity index (χ1) is 9.16. The molecule has 1 aromatic heterocycles. The second kappa shape index (κ2) is 6.15. The summed E-state index contributed by atoms with van der Waals surface area (Å²) in [5.41, 5.74) is 0.535. The van der Waals surface area contributed by atoms with Crippen LogP contribution in [0.15, 0.2) is 24.4 Å². The van der Waals surface area contributed by atoms with Gasteiger partial charge in [-0.2, -0.15) is 0 Å². The predicted molar refractivity (Wildman–Crippen MR) is 74.0 cm³/mol. The molecule has 1 unspecified atom stereocenters. The number of rotatable bonds is 5. The van der Waals surface area contributed by atoms with Crippen LogP contribution in [0.25, 0.3) is 0 Å². The number of aliphatic carboxylic acids is 1. The van der Waals surface area contributed by atoms with Gasteiger partial charge in [0.1, 0.15) is 0 Å². The topological polar surface area (TPSA) is 53.4 Å². The van der Waals surface area contributed by atoms with Crippen molar-refractivity contribution < 1.29 is 9.90 Å². The van der Waals surface area contributed by atoms with Gasteiger partial charge in [0.05, 0.1) is 5.41 Å². The van der Waals surface area contributed by atoms with Gasteiger partial charge in [-0.15, -0.1) is 0 Å². The van der Waals surface area contributed by atoms with E-state index in [1.54, 1.807) is 6.20 Å². The average Bonchev–Trinajstić information content (AvgIpc) is 2.46. The van der Waals surface area contributed by atoms with Gasteiger partial charge in [0, 0.05) is 31.4 Å². The average molecular weight is 262 g/mol. The van der Waals surface area contributed by atoms with Gasteiger partial charge in [0.15, 0.2) is 0 Å². The lowest BCUT2D eigenvalue weighted by molar-refractivity contribution is -0.152. The van der Waals surface area contributed by atoms with Crippen LogP contribution >= 0.6 is 0 Å². The van der Waals surface area contributed by atoms with Gasteiger partial charge < -0.3 is 10.0 Å². The molecule has 0 amide bonds. The Morgan fingerprint density at radius 3 is 3.00 bits per heavy atom. The summed E-state index contributed by atoms with van der Waals surface area (Å²) in [6, 6.07) is 5.93. The lowest BCUT2D eigenvalue weighted by Gasteiger charge is -2.39. The molecule has 0 spiro atoms. The molecule has 0 aliphatic carbocycles. The summed E-state index contributed by atoms with van der Waals surface area (Å²) >= 11 is 0. The summed E-state index contributed by atoms with van der Waals surface area (Å²) in [7, 11) is 0. The van der Waals surface area contributed by atoms with Crippen molar-refractivity contribution in [1.82, 2.24) is 9.88 Å². The van der Waals surface area contributed by atoms with E-state index >= 15 is 0 Å². The largest absolute Gasteiger partial charge is 0.481 e. The minimum Gasteiger partial charge on any atom is -0.481 e. The van der Waals surface area contributed by atoms with E-state index < -0.39 is 11.4 Å². The molecule has 2 rings (SSSR count). The van der Waals surface area contributed by atoms with Gasteiger partial charge in [0.2, 0.25) is 0 Å². The maximum absolute atomic E-state index is 11.5. The molecule has 1 atom stereocenters. The molecule has 1 aliphatic rings. The maximum Gasteiger partial charge on any atom is 0.310 e. The van der Waals surface area contributed by atoms with Gasteiger partial charge in [-0.25, -0.2) is 0 Å². The Hall–Kier alpha value is -1.42. The van der Waals surface area contributed by atoms with E-state index in [0.717, 1.165) is 38.0 Å². The smallest absolute Gasteiger partial charge is 0.310 e. The molecule has 19 heavy (non-hydrogen) atoms. The van der Waals surface area contributed by atoms with E-state index in [1.165, 1.54) is 0 Å². The zero-order valence-corrected chi connectivity index (χ0v) is 11.5. The number of pyridine rings is 1. The Bertz CT molecular complexity index is 421. The number of carbonyl (C=O) groups is 1. The highest BCUT2D eigenvalue weighted by Crippen LogP contribution is 2.33. The van der Waals surface area contributed by atoms with Gasteiger partial charge >= 0.3 is 5.97 Å².